The molecule has 0 amide bonds. The minimum absolute atomic E-state index is 1.42. The van der Waals surface area contributed by atoms with Gasteiger partial charge < -0.3 is 15.9 Å². The molecule has 0 spiro atoms. The Bertz CT molecular complexity index is 152. The molecule has 0 aromatic heterocycles. The van der Waals surface area contributed by atoms with Gasteiger partial charge in [0.1, 0.15) is 0 Å². The van der Waals surface area contributed by atoms with Gasteiger partial charge in [-0.1, -0.05) is 12.2 Å². The molecule has 0 bridgehead atoms. The van der Waals surface area contributed by atoms with Gasteiger partial charge in [0.15, 0.2) is 4.99 Å². The van der Waals surface area contributed by atoms with Gasteiger partial charge in [0.25, 0.3) is 0 Å². The smallest absolute Gasteiger partial charge is 0.450 e. The van der Waals surface area contributed by atoms with E-state index in [0.717, 1.165) is 0 Å². The van der Waals surface area contributed by atoms with Gasteiger partial charge in [-0.05, 0) is 0 Å². The number of hydrogen-bond acceptors (Lipinski definition) is 2. The Morgan fingerprint density at radius 1 is 1.36 bits per heavy atom. The molecule has 0 heterocycles. The maximum absolute atomic E-state index is 10.9. The van der Waals surface area contributed by atoms with Crippen molar-refractivity contribution >= 4 is 23.4 Å². The molecule has 0 saturated heterocycles. The first-order valence-corrected chi connectivity index (χ1v) is 2.37. The van der Waals surface area contributed by atoms with Gasteiger partial charge >= 0.3 is 12.3 Å². The standard InChI is InChI=1S/C2H2F3NS.CH2O3/c3-2(4,5)1(6)7;2-1(3)4/h(H2,6,7);(H2,2,3,4). The summed E-state index contributed by atoms with van der Waals surface area (Å²) in [4.78, 5) is 7.13. The average Bonchev–Trinajstić information content (AvgIpc) is 1.59. The summed E-state index contributed by atoms with van der Waals surface area (Å²) in [6.45, 7) is 0. The van der Waals surface area contributed by atoms with E-state index in [1.807, 2.05) is 0 Å². The van der Waals surface area contributed by atoms with Crippen molar-refractivity contribution in [1.29, 1.82) is 0 Å². The molecule has 0 aromatic carbocycles. The summed E-state index contributed by atoms with van der Waals surface area (Å²) < 4.78 is 32.7. The Morgan fingerprint density at radius 2 is 1.45 bits per heavy atom. The fourth-order valence-corrected chi connectivity index (χ4v) is 0. The number of halogens is 3. The molecule has 0 aliphatic heterocycles. The molecule has 11 heavy (non-hydrogen) atoms. The third-order valence-electron chi connectivity index (χ3n) is 0.279. The van der Waals surface area contributed by atoms with Gasteiger partial charge in [0.05, 0.1) is 0 Å². The first-order valence-electron chi connectivity index (χ1n) is 1.96. The lowest BCUT2D eigenvalue weighted by molar-refractivity contribution is -0.0573. The van der Waals surface area contributed by atoms with Gasteiger partial charge in [-0.25, -0.2) is 4.79 Å². The average molecular weight is 191 g/mol. The molecule has 66 valence electrons. The number of carbonyl (C=O) groups is 1. The monoisotopic (exact) mass is 191 g/mol. The zero-order valence-electron chi connectivity index (χ0n) is 4.92. The molecule has 4 nitrogen and oxygen atoms in total. The molecule has 0 atom stereocenters. The van der Waals surface area contributed by atoms with Crippen LogP contribution in [0.25, 0.3) is 0 Å². The molecule has 0 fully saturated rings. The predicted octanol–water partition coefficient (Wildman–Crippen LogP) is 1.06. The third-order valence-corrected chi connectivity index (χ3v) is 0.511. The van der Waals surface area contributed by atoms with Crippen LogP contribution >= 0.6 is 12.2 Å². The molecule has 0 saturated carbocycles. The maximum atomic E-state index is 10.9. The van der Waals surface area contributed by atoms with Crippen molar-refractivity contribution in [3.63, 3.8) is 0 Å². The third kappa shape index (κ3) is 17.6. The molecular formula is C3H4F3NO3S. The lowest BCUT2D eigenvalue weighted by atomic mass is 10.7. The van der Waals surface area contributed by atoms with Crippen LogP contribution in [0.1, 0.15) is 0 Å². The van der Waals surface area contributed by atoms with Gasteiger partial charge in [-0.15, -0.1) is 0 Å². The zero-order chi connectivity index (χ0) is 9.65. The topological polar surface area (TPSA) is 83.6 Å². The van der Waals surface area contributed by atoms with Gasteiger partial charge in [0, 0.05) is 0 Å². The molecule has 0 unspecified atom stereocenters. The fraction of sp³-hybridized carbons (Fsp3) is 0.333. The van der Waals surface area contributed by atoms with Crippen LogP contribution in [0.2, 0.25) is 0 Å². The molecular weight excluding hydrogens is 187 g/mol. The van der Waals surface area contributed by atoms with Gasteiger partial charge in [-0.3, -0.25) is 0 Å². The predicted molar refractivity (Wildman–Crippen MR) is 33.5 cm³/mol. The van der Waals surface area contributed by atoms with Crippen molar-refractivity contribution in [3.05, 3.63) is 0 Å². The van der Waals surface area contributed by atoms with Crippen molar-refractivity contribution in [2.45, 2.75) is 6.18 Å². The Balaban J connectivity index is 0. The Morgan fingerprint density at radius 3 is 1.45 bits per heavy atom. The quantitative estimate of drug-likeness (QED) is 0.498. The maximum Gasteiger partial charge on any atom is 0.503 e. The van der Waals surface area contributed by atoms with E-state index in [1.54, 1.807) is 0 Å². The van der Waals surface area contributed by atoms with Crippen molar-refractivity contribution < 1.29 is 28.2 Å². The lowest BCUT2D eigenvalue weighted by Crippen LogP contribution is -2.28. The van der Waals surface area contributed by atoms with E-state index < -0.39 is 17.3 Å². The van der Waals surface area contributed by atoms with Gasteiger partial charge in [0.2, 0.25) is 0 Å². The first kappa shape index (κ1) is 12.6. The van der Waals surface area contributed by atoms with Crippen molar-refractivity contribution in [2.24, 2.45) is 5.73 Å². The summed E-state index contributed by atoms with van der Waals surface area (Å²) in [6, 6.07) is 0. The summed E-state index contributed by atoms with van der Waals surface area (Å²) in [6.07, 6.45) is -6.32. The summed E-state index contributed by atoms with van der Waals surface area (Å²) in [5.41, 5.74) is 4.18. The second kappa shape index (κ2) is 4.72. The van der Waals surface area contributed by atoms with Crippen LogP contribution in [0.15, 0.2) is 0 Å². The first-order chi connectivity index (χ1) is 4.68. The highest BCUT2D eigenvalue weighted by atomic mass is 32.1. The number of carboxylic acid groups (broad SMARTS) is 2. The summed E-state index contributed by atoms with van der Waals surface area (Å²) in [5.74, 6) is 0. The number of hydrogen-bond donors (Lipinski definition) is 3. The van der Waals surface area contributed by atoms with Crippen molar-refractivity contribution in [1.82, 2.24) is 0 Å². The molecule has 4 N–H and O–H groups in total. The second-order valence-corrected chi connectivity index (χ2v) is 1.58. The molecule has 0 radical (unpaired) electrons. The Kier molecular flexibility index (Phi) is 5.41. The molecule has 0 aromatic rings. The van der Waals surface area contributed by atoms with Crippen molar-refractivity contribution in [2.75, 3.05) is 0 Å². The lowest BCUT2D eigenvalue weighted by Gasteiger charge is -1.98. The summed E-state index contributed by atoms with van der Waals surface area (Å²) >= 11 is 3.59. The highest BCUT2D eigenvalue weighted by Gasteiger charge is 2.31. The second-order valence-electron chi connectivity index (χ2n) is 1.14. The fourth-order valence-electron chi connectivity index (χ4n) is 0. The van der Waals surface area contributed by atoms with Crippen LogP contribution in [-0.2, 0) is 0 Å². The largest absolute Gasteiger partial charge is 0.503 e. The molecule has 0 aliphatic rings. The SMILES string of the molecule is NC(=S)C(F)(F)F.O=C(O)O. The van der Waals surface area contributed by atoms with E-state index in [1.165, 1.54) is 0 Å². The zero-order valence-corrected chi connectivity index (χ0v) is 5.74. The highest BCUT2D eigenvalue weighted by molar-refractivity contribution is 7.80. The summed E-state index contributed by atoms with van der Waals surface area (Å²) in [5, 5.41) is 13.9. The van der Waals surface area contributed by atoms with Crippen LogP contribution in [0.4, 0.5) is 18.0 Å². The molecule has 0 aliphatic carbocycles. The van der Waals surface area contributed by atoms with Crippen LogP contribution < -0.4 is 5.73 Å². The van der Waals surface area contributed by atoms with Crippen molar-refractivity contribution in [3.8, 4) is 0 Å². The van der Waals surface area contributed by atoms with Gasteiger partial charge in [-0.2, -0.15) is 13.2 Å². The van der Waals surface area contributed by atoms with Crippen LogP contribution in [0.3, 0.4) is 0 Å². The minimum Gasteiger partial charge on any atom is -0.450 e. The highest BCUT2D eigenvalue weighted by Crippen LogP contribution is 2.13. The Hall–Kier alpha value is -1.05. The number of rotatable bonds is 0. The number of alkyl halides is 3. The van der Waals surface area contributed by atoms with E-state index in [0.29, 0.717) is 0 Å². The normalized spacial score (nSPS) is 9.36. The van der Waals surface area contributed by atoms with Crippen LogP contribution in [0.5, 0.6) is 0 Å². The van der Waals surface area contributed by atoms with E-state index in [-0.39, 0.29) is 0 Å². The van der Waals surface area contributed by atoms with E-state index in [4.69, 9.17) is 15.0 Å². The molecule has 8 heteroatoms. The number of thiocarbonyl (C=S) groups is 1. The van der Waals surface area contributed by atoms with Crippen LogP contribution in [-0.4, -0.2) is 27.5 Å². The summed E-state index contributed by atoms with van der Waals surface area (Å²) in [7, 11) is 0. The molecule has 0 rings (SSSR count). The van der Waals surface area contributed by atoms with E-state index >= 15 is 0 Å². The van der Waals surface area contributed by atoms with E-state index in [9.17, 15) is 13.2 Å². The number of nitrogens with two attached hydrogens (primary N) is 1. The van der Waals surface area contributed by atoms with Crippen LogP contribution in [0, 0.1) is 0 Å². The van der Waals surface area contributed by atoms with E-state index in [2.05, 4.69) is 18.0 Å². The Labute approximate surface area is 64.4 Å². The minimum atomic E-state index is -4.49.